The maximum atomic E-state index is 12.7. The molecule has 4 heteroatoms. The van der Waals surface area contributed by atoms with Gasteiger partial charge in [-0.1, -0.05) is 12.1 Å². The van der Waals surface area contributed by atoms with Gasteiger partial charge in [-0.15, -0.1) is 0 Å². The molecule has 96 valence electrons. The second-order valence-corrected chi connectivity index (χ2v) is 5.13. The van der Waals surface area contributed by atoms with Crippen LogP contribution in [-0.4, -0.2) is 5.91 Å². The Morgan fingerprint density at radius 3 is 2.32 bits per heavy atom. The van der Waals surface area contributed by atoms with Crippen molar-refractivity contribution < 1.29 is 9.18 Å². The van der Waals surface area contributed by atoms with Gasteiger partial charge in [0.25, 0.3) is 0 Å². The maximum Gasteiger partial charge on any atom is 0.248 e. The highest BCUT2D eigenvalue weighted by Crippen LogP contribution is 2.11. The first-order valence-corrected chi connectivity index (χ1v) is 6.71. The third-order valence-corrected chi connectivity index (χ3v) is 3.13. The lowest BCUT2D eigenvalue weighted by Gasteiger charge is -2.01. The van der Waals surface area contributed by atoms with E-state index in [9.17, 15) is 9.18 Å². The summed E-state index contributed by atoms with van der Waals surface area (Å²) in [5.41, 5.74) is 1.52. The Kier molecular flexibility index (Phi) is 4.68. The van der Waals surface area contributed by atoms with Crippen molar-refractivity contribution in [2.45, 2.75) is 0 Å². The minimum Gasteiger partial charge on any atom is -0.323 e. The molecule has 1 amide bonds. The van der Waals surface area contributed by atoms with Gasteiger partial charge >= 0.3 is 0 Å². The van der Waals surface area contributed by atoms with Crippen LogP contribution < -0.4 is 5.32 Å². The van der Waals surface area contributed by atoms with E-state index in [2.05, 4.69) is 27.9 Å². The summed E-state index contributed by atoms with van der Waals surface area (Å²) in [4.78, 5) is 11.7. The lowest BCUT2D eigenvalue weighted by molar-refractivity contribution is -0.111. The lowest BCUT2D eigenvalue weighted by atomic mass is 10.2. The minimum absolute atomic E-state index is 0.217. The van der Waals surface area contributed by atoms with Gasteiger partial charge in [0.1, 0.15) is 5.82 Å². The van der Waals surface area contributed by atoms with E-state index in [4.69, 9.17) is 0 Å². The fourth-order valence-corrected chi connectivity index (χ4v) is 1.82. The molecule has 0 aliphatic carbocycles. The molecule has 19 heavy (non-hydrogen) atoms. The van der Waals surface area contributed by atoms with Crippen molar-refractivity contribution in [1.82, 2.24) is 0 Å². The number of anilines is 1. The monoisotopic (exact) mass is 367 g/mol. The number of hydrogen-bond donors (Lipinski definition) is 1. The van der Waals surface area contributed by atoms with Crippen LogP contribution in [0.1, 0.15) is 5.56 Å². The second kappa shape index (κ2) is 6.47. The van der Waals surface area contributed by atoms with Gasteiger partial charge in [0.15, 0.2) is 0 Å². The molecule has 0 aliphatic heterocycles. The number of rotatable bonds is 3. The van der Waals surface area contributed by atoms with E-state index in [1.54, 1.807) is 18.2 Å². The summed E-state index contributed by atoms with van der Waals surface area (Å²) < 4.78 is 13.8. The van der Waals surface area contributed by atoms with Gasteiger partial charge in [0.05, 0.1) is 0 Å². The molecule has 0 unspecified atom stereocenters. The predicted molar refractivity (Wildman–Crippen MR) is 83.2 cm³/mol. The molecule has 2 nitrogen and oxygen atoms in total. The molecule has 0 aromatic heterocycles. The normalized spacial score (nSPS) is 10.6. The number of halogens is 2. The lowest BCUT2D eigenvalue weighted by Crippen LogP contribution is -2.07. The molecule has 2 aromatic carbocycles. The molecule has 0 heterocycles. The average molecular weight is 367 g/mol. The summed E-state index contributed by atoms with van der Waals surface area (Å²) in [6.45, 7) is 0. The molecule has 0 saturated heterocycles. The van der Waals surface area contributed by atoms with Gasteiger partial charge < -0.3 is 5.32 Å². The van der Waals surface area contributed by atoms with Crippen molar-refractivity contribution in [2.75, 3.05) is 5.32 Å². The molecule has 2 rings (SSSR count). The van der Waals surface area contributed by atoms with E-state index >= 15 is 0 Å². The highest BCUT2D eigenvalue weighted by Gasteiger charge is 1.97. The molecule has 0 radical (unpaired) electrons. The third-order valence-electron chi connectivity index (χ3n) is 2.41. The topological polar surface area (TPSA) is 29.1 Å². The van der Waals surface area contributed by atoms with E-state index in [-0.39, 0.29) is 11.7 Å². The van der Waals surface area contributed by atoms with Gasteiger partial charge in [-0.25, -0.2) is 4.39 Å². The molecular formula is C15H11FINO. The number of amides is 1. The van der Waals surface area contributed by atoms with E-state index in [0.717, 1.165) is 14.8 Å². The van der Waals surface area contributed by atoms with E-state index in [0.29, 0.717) is 0 Å². The number of carbonyl (C=O) groups is 1. The van der Waals surface area contributed by atoms with Crippen LogP contribution in [0.5, 0.6) is 0 Å². The van der Waals surface area contributed by atoms with Crippen LogP contribution in [-0.2, 0) is 4.79 Å². The zero-order chi connectivity index (χ0) is 13.7. The van der Waals surface area contributed by atoms with Crippen LogP contribution in [0.25, 0.3) is 6.08 Å². The zero-order valence-corrected chi connectivity index (χ0v) is 12.1. The quantitative estimate of drug-likeness (QED) is 0.643. The van der Waals surface area contributed by atoms with Gasteiger partial charge in [-0.05, 0) is 70.6 Å². The molecule has 0 saturated carbocycles. The number of nitrogens with one attached hydrogen (secondary N) is 1. The van der Waals surface area contributed by atoms with Crippen molar-refractivity contribution in [3.05, 3.63) is 69.6 Å². The predicted octanol–water partition coefficient (Wildman–Crippen LogP) is 4.08. The van der Waals surface area contributed by atoms with Gasteiger partial charge in [0, 0.05) is 15.3 Å². The Morgan fingerprint density at radius 1 is 1.05 bits per heavy atom. The van der Waals surface area contributed by atoms with Crippen molar-refractivity contribution in [2.24, 2.45) is 0 Å². The van der Waals surface area contributed by atoms with Gasteiger partial charge in [-0.2, -0.15) is 0 Å². The van der Waals surface area contributed by atoms with Crippen molar-refractivity contribution >= 4 is 40.3 Å². The third kappa shape index (κ3) is 4.48. The first-order valence-electron chi connectivity index (χ1n) is 5.64. The largest absolute Gasteiger partial charge is 0.323 e. The summed E-state index contributed by atoms with van der Waals surface area (Å²) in [6, 6.07) is 13.5. The molecule has 0 aliphatic rings. The fraction of sp³-hybridized carbons (Fsp3) is 0. The van der Waals surface area contributed by atoms with Crippen molar-refractivity contribution in [3.63, 3.8) is 0 Å². The number of benzene rings is 2. The van der Waals surface area contributed by atoms with Crippen LogP contribution in [0.15, 0.2) is 54.6 Å². The summed E-state index contributed by atoms with van der Waals surface area (Å²) >= 11 is 2.20. The van der Waals surface area contributed by atoms with E-state index in [1.807, 2.05) is 24.3 Å². The molecule has 1 N–H and O–H groups in total. The number of hydrogen-bond acceptors (Lipinski definition) is 1. The fourth-order valence-electron chi connectivity index (χ4n) is 1.46. The van der Waals surface area contributed by atoms with Crippen LogP contribution in [0, 0.1) is 9.39 Å². The summed E-state index contributed by atoms with van der Waals surface area (Å²) in [5.74, 6) is -0.508. The molecule has 0 atom stereocenters. The van der Waals surface area contributed by atoms with Gasteiger partial charge in [0.2, 0.25) is 5.91 Å². The molecule has 0 bridgehead atoms. The Bertz CT molecular complexity index is 591. The molecule has 2 aromatic rings. The van der Waals surface area contributed by atoms with Crippen molar-refractivity contribution in [3.8, 4) is 0 Å². The SMILES string of the molecule is O=C(/C=C/c1ccc(F)cc1)Nc1ccc(I)cc1. The summed E-state index contributed by atoms with van der Waals surface area (Å²) in [7, 11) is 0. The maximum absolute atomic E-state index is 12.7. The van der Waals surface area contributed by atoms with Crippen LogP contribution in [0.3, 0.4) is 0 Å². The standard InChI is InChI=1S/C15H11FINO/c16-12-4-1-11(2-5-12)3-10-15(19)18-14-8-6-13(17)7-9-14/h1-10H,(H,18,19)/b10-3+. The average Bonchev–Trinajstić information content (AvgIpc) is 2.41. The second-order valence-electron chi connectivity index (χ2n) is 3.88. The Hall–Kier alpha value is -1.69. The number of carbonyl (C=O) groups excluding carboxylic acids is 1. The highest BCUT2D eigenvalue weighted by atomic mass is 127. The van der Waals surface area contributed by atoms with E-state index in [1.165, 1.54) is 18.2 Å². The van der Waals surface area contributed by atoms with E-state index < -0.39 is 0 Å². The van der Waals surface area contributed by atoms with Crippen LogP contribution in [0.4, 0.5) is 10.1 Å². The van der Waals surface area contributed by atoms with Crippen LogP contribution in [0.2, 0.25) is 0 Å². The van der Waals surface area contributed by atoms with Gasteiger partial charge in [-0.3, -0.25) is 4.79 Å². The molecule has 0 fully saturated rings. The van der Waals surface area contributed by atoms with Crippen LogP contribution >= 0.6 is 22.6 Å². The Morgan fingerprint density at radius 2 is 1.68 bits per heavy atom. The van der Waals surface area contributed by atoms with Crippen molar-refractivity contribution in [1.29, 1.82) is 0 Å². The molecule has 0 spiro atoms. The summed E-state index contributed by atoms with van der Waals surface area (Å²) in [6.07, 6.45) is 3.06. The first-order chi connectivity index (χ1) is 9.13. The smallest absolute Gasteiger partial charge is 0.248 e. The Labute approximate surface area is 124 Å². The Balaban J connectivity index is 1.97. The zero-order valence-electron chi connectivity index (χ0n) is 9.94. The summed E-state index contributed by atoms with van der Waals surface area (Å²) in [5, 5.41) is 2.75. The first kappa shape index (κ1) is 13.7. The minimum atomic E-state index is -0.291. The highest BCUT2D eigenvalue weighted by molar-refractivity contribution is 14.1. The molecular weight excluding hydrogens is 356 g/mol.